The first-order valence-corrected chi connectivity index (χ1v) is 15.2. The molecule has 0 unspecified atom stereocenters. The van der Waals surface area contributed by atoms with Gasteiger partial charge in [0.1, 0.15) is 12.5 Å². The van der Waals surface area contributed by atoms with Crippen LogP contribution in [0.3, 0.4) is 0 Å². The van der Waals surface area contributed by atoms with Crippen molar-refractivity contribution in [1.29, 1.82) is 0 Å². The van der Waals surface area contributed by atoms with Crippen LogP contribution >= 0.6 is 11.6 Å². The van der Waals surface area contributed by atoms with Gasteiger partial charge in [-0.05, 0) is 48.7 Å². The van der Waals surface area contributed by atoms with Gasteiger partial charge in [-0.15, -0.1) is 0 Å². The summed E-state index contributed by atoms with van der Waals surface area (Å²) in [6.07, 6.45) is 5.37. The maximum absolute atomic E-state index is 11.5. The van der Waals surface area contributed by atoms with E-state index in [1.165, 1.54) is 7.11 Å². The number of benzene rings is 1. The topological polar surface area (TPSA) is 82.4 Å². The number of hydrogen-bond donors (Lipinski definition) is 0. The van der Waals surface area contributed by atoms with Crippen LogP contribution in [0.2, 0.25) is 31.0 Å². The molecular formula is C23H32ClN5O3Si. The van der Waals surface area contributed by atoms with Crippen molar-refractivity contribution in [3.8, 4) is 0 Å². The fraction of sp³-hybridized carbons (Fsp3) is 0.478. The van der Waals surface area contributed by atoms with E-state index < -0.39 is 8.07 Å². The van der Waals surface area contributed by atoms with E-state index in [1.807, 2.05) is 35.1 Å². The Balaban J connectivity index is 1.82. The van der Waals surface area contributed by atoms with Crippen LogP contribution < -0.4 is 4.90 Å². The van der Waals surface area contributed by atoms with Gasteiger partial charge in [-0.25, -0.2) is 14.6 Å². The number of anilines is 2. The minimum Gasteiger partial charge on any atom is -0.469 e. The third-order valence-corrected chi connectivity index (χ3v) is 7.18. The molecule has 0 saturated carbocycles. The van der Waals surface area contributed by atoms with E-state index in [1.54, 1.807) is 6.20 Å². The van der Waals surface area contributed by atoms with Crippen molar-refractivity contribution in [1.82, 2.24) is 19.7 Å². The van der Waals surface area contributed by atoms with E-state index in [-0.39, 0.29) is 11.3 Å². The molecule has 0 saturated heterocycles. The average molecular weight is 490 g/mol. The zero-order valence-corrected chi connectivity index (χ0v) is 21.5. The monoisotopic (exact) mass is 489 g/mol. The van der Waals surface area contributed by atoms with Crippen molar-refractivity contribution >= 4 is 48.1 Å². The molecule has 178 valence electrons. The van der Waals surface area contributed by atoms with Gasteiger partial charge in [0.05, 0.1) is 24.5 Å². The fourth-order valence-corrected chi connectivity index (χ4v) is 4.33. The van der Waals surface area contributed by atoms with Crippen molar-refractivity contribution in [2.75, 3.05) is 25.2 Å². The largest absolute Gasteiger partial charge is 0.469 e. The summed E-state index contributed by atoms with van der Waals surface area (Å²) < 4.78 is 12.5. The number of ether oxygens (including phenoxy) is 2. The Kier molecular flexibility index (Phi) is 8.82. The summed E-state index contributed by atoms with van der Waals surface area (Å²) in [4.78, 5) is 22.0. The van der Waals surface area contributed by atoms with Crippen LogP contribution in [-0.4, -0.2) is 54.1 Å². The summed E-state index contributed by atoms with van der Waals surface area (Å²) in [5.41, 5.74) is 1.95. The third-order valence-electron chi connectivity index (χ3n) is 5.29. The van der Waals surface area contributed by atoms with Gasteiger partial charge in [0.15, 0.2) is 0 Å². The predicted molar refractivity (Wildman–Crippen MR) is 134 cm³/mol. The molecule has 2 aromatic heterocycles. The Bertz CT molecular complexity index is 1070. The number of hydrogen-bond acceptors (Lipinski definition) is 7. The Morgan fingerprint density at radius 3 is 2.76 bits per heavy atom. The molecule has 0 amide bonds. The highest BCUT2D eigenvalue weighted by Crippen LogP contribution is 2.32. The first-order chi connectivity index (χ1) is 15.8. The van der Waals surface area contributed by atoms with Gasteiger partial charge >= 0.3 is 5.97 Å². The average Bonchev–Trinajstić information content (AvgIpc) is 3.19. The van der Waals surface area contributed by atoms with E-state index in [9.17, 15) is 4.79 Å². The third kappa shape index (κ3) is 7.25. The molecule has 0 aliphatic heterocycles. The van der Waals surface area contributed by atoms with Gasteiger partial charge in [0, 0.05) is 39.2 Å². The molecule has 1 aromatic carbocycles. The number of nitrogens with zero attached hydrogens (tertiary/aromatic N) is 5. The number of halogens is 1. The summed E-state index contributed by atoms with van der Waals surface area (Å²) in [5.74, 6) is 0.490. The highest BCUT2D eigenvalue weighted by Gasteiger charge is 2.17. The standard InChI is InChI=1S/C23H32ClN5O3Si/c1-31-22(30)10-5-6-13-28(21-11-12-25-23(24)27-21)19-8-7-9-20-18(19)16-26-29(20)17-32-14-15-33(2,3)4/h7-9,11-12,16H,5-6,10,13-15,17H2,1-4H3. The van der Waals surface area contributed by atoms with Crippen LogP contribution in [0.5, 0.6) is 0 Å². The summed E-state index contributed by atoms with van der Waals surface area (Å²) in [7, 11) is 0.269. The number of aromatic nitrogens is 4. The van der Waals surface area contributed by atoms with Gasteiger partial charge in [0.2, 0.25) is 5.28 Å². The predicted octanol–water partition coefficient (Wildman–Crippen LogP) is 5.27. The lowest BCUT2D eigenvalue weighted by atomic mass is 10.1. The number of rotatable bonds is 12. The van der Waals surface area contributed by atoms with E-state index in [0.29, 0.717) is 31.9 Å². The summed E-state index contributed by atoms with van der Waals surface area (Å²) in [5, 5.41) is 5.75. The lowest BCUT2D eigenvalue weighted by Crippen LogP contribution is -2.22. The molecule has 0 aliphatic carbocycles. The van der Waals surface area contributed by atoms with Crippen LogP contribution in [0.15, 0.2) is 36.7 Å². The quantitative estimate of drug-likeness (QED) is 0.148. The minimum atomic E-state index is -1.14. The smallest absolute Gasteiger partial charge is 0.305 e. The normalized spacial score (nSPS) is 11.7. The van der Waals surface area contributed by atoms with Crippen molar-refractivity contribution in [2.45, 2.75) is 51.7 Å². The Labute approximate surface area is 200 Å². The highest BCUT2D eigenvalue weighted by molar-refractivity contribution is 6.76. The van der Waals surface area contributed by atoms with Crippen LogP contribution in [0.4, 0.5) is 11.5 Å². The molecule has 0 spiro atoms. The first kappa shape index (κ1) is 25.1. The van der Waals surface area contributed by atoms with Crippen LogP contribution in [0.1, 0.15) is 19.3 Å². The molecule has 3 rings (SSSR count). The zero-order valence-electron chi connectivity index (χ0n) is 19.8. The highest BCUT2D eigenvalue weighted by atomic mass is 35.5. The summed E-state index contributed by atoms with van der Waals surface area (Å²) in [6.45, 7) is 8.82. The van der Waals surface area contributed by atoms with Crippen LogP contribution in [0.25, 0.3) is 10.9 Å². The molecule has 0 fully saturated rings. The van der Waals surface area contributed by atoms with Gasteiger partial charge < -0.3 is 14.4 Å². The zero-order chi connectivity index (χ0) is 23.8. The molecule has 3 aromatic rings. The molecule has 33 heavy (non-hydrogen) atoms. The number of esters is 1. The molecule has 0 N–H and O–H groups in total. The number of fused-ring (bicyclic) bond motifs is 1. The second-order valence-electron chi connectivity index (χ2n) is 9.07. The number of unbranched alkanes of at least 4 members (excludes halogenated alkanes) is 1. The van der Waals surface area contributed by atoms with Gasteiger partial charge in [-0.3, -0.25) is 4.79 Å². The van der Waals surface area contributed by atoms with E-state index in [4.69, 9.17) is 21.1 Å². The van der Waals surface area contributed by atoms with Crippen molar-refractivity contribution < 1.29 is 14.3 Å². The molecular weight excluding hydrogens is 458 g/mol. The molecule has 0 bridgehead atoms. The Morgan fingerprint density at radius 2 is 2.03 bits per heavy atom. The second kappa shape index (κ2) is 11.6. The van der Waals surface area contributed by atoms with E-state index in [0.717, 1.165) is 35.7 Å². The van der Waals surface area contributed by atoms with E-state index in [2.05, 4.69) is 39.6 Å². The van der Waals surface area contributed by atoms with Gasteiger partial charge in [0.25, 0.3) is 0 Å². The molecule has 2 heterocycles. The molecule has 0 atom stereocenters. The maximum Gasteiger partial charge on any atom is 0.305 e. The van der Waals surface area contributed by atoms with Gasteiger partial charge in [-0.2, -0.15) is 5.10 Å². The second-order valence-corrected chi connectivity index (χ2v) is 15.0. The summed E-state index contributed by atoms with van der Waals surface area (Å²) in [6, 6.07) is 9.02. The van der Waals surface area contributed by atoms with Crippen molar-refractivity contribution in [3.05, 3.63) is 41.9 Å². The first-order valence-electron chi connectivity index (χ1n) is 11.1. The number of carbonyl (C=O) groups excluding carboxylic acids is 1. The Hall–Kier alpha value is -2.49. The molecule has 0 aliphatic rings. The SMILES string of the molecule is COC(=O)CCCCN(c1ccnc(Cl)n1)c1cccc2c1cnn2COCC[Si](C)(C)C. The van der Waals surface area contributed by atoms with Crippen LogP contribution in [0, 0.1) is 0 Å². The van der Waals surface area contributed by atoms with Gasteiger partial charge in [-0.1, -0.05) is 25.7 Å². The summed E-state index contributed by atoms with van der Waals surface area (Å²) >= 11 is 6.08. The van der Waals surface area contributed by atoms with Crippen molar-refractivity contribution in [2.24, 2.45) is 0 Å². The minimum absolute atomic E-state index is 0.186. The van der Waals surface area contributed by atoms with Crippen LogP contribution in [-0.2, 0) is 21.0 Å². The maximum atomic E-state index is 11.5. The lowest BCUT2D eigenvalue weighted by molar-refractivity contribution is -0.140. The number of methoxy groups -OCH3 is 1. The fourth-order valence-electron chi connectivity index (χ4n) is 3.43. The molecule has 0 radical (unpaired) electrons. The molecule has 8 nitrogen and oxygen atoms in total. The Morgan fingerprint density at radius 1 is 1.21 bits per heavy atom. The van der Waals surface area contributed by atoms with E-state index >= 15 is 0 Å². The number of carbonyl (C=O) groups is 1. The molecule has 10 heteroatoms. The lowest BCUT2D eigenvalue weighted by Gasteiger charge is -2.24. The van der Waals surface area contributed by atoms with Crippen molar-refractivity contribution in [3.63, 3.8) is 0 Å².